The molecule has 0 spiro atoms. The molecule has 3 rings (SSSR count). The van der Waals surface area contributed by atoms with Gasteiger partial charge >= 0.3 is 0 Å². The van der Waals surface area contributed by atoms with E-state index in [-0.39, 0.29) is 11.8 Å². The molecule has 1 heterocycles. The summed E-state index contributed by atoms with van der Waals surface area (Å²) in [4.78, 5) is 25.7. The van der Waals surface area contributed by atoms with Crippen molar-refractivity contribution in [2.24, 2.45) is 0 Å². The molecule has 4 nitrogen and oxygen atoms in total. The van der Waals surface area contributed by atoms with Gasteiger partial charge in [0.1, 0.15) is 0 Å². The Morgan fingerprint density at radius 2 is 1.36 bits per heavy atom. The highest BCUT2D eigenvalue weighted by molar-refractivity contribution is 6.21. The molecule has 0 saturated carbocycles. The van der Waals surface area contributed by atoms with Gasteiger partial charge in [0.15, 0.2) is 0 Å². The first kappa shape index (κ1) is 14.3. The molecular weight excluding hydrogens is 276 g/mol. The summed E-state index contributed by atoms with van der Waals surface area (Å²) < 4.78 is 0. The number of nitrogens with one attached hydrogen (secondary N) is 1. The SMILES string of the molecule is O=C1c2ccccc2C(=O)N1CCCCNc1ccccc1. The van der Waals surface area contributed by atoms with Crippen LogP contribution in [0.3, 0.4) is 0 Å². The van der Waals surface area contributed by atoms with Crippen molar-refractivity contribution in [1.82, 2.24) is 4.90 Å². The van der Waals surface area contributed by atoms with Gasteiger partial charge < -0.3 is 5.32 Å². The number of benzene rings is 2. The number of carbonyl (C=O) groups excluding carboxylic acids is 2. The zero-order chi connectivity index (χ0) is 15.4. The molecule has 1 aliphatic rings. The van der Waals surface area contributed by atoms with E-state index >= 15 is 0 Å². The van der Waals surface area contributed by atoms with Gasteiger partial charge in [-0.05, 0) is 37.1 Å². The number of hydrogen-bond donors (Lipinski definition) is 1. The van der Waals surface area contributed by atoms with E-state index in [1.807, 2.05) is 30.3 Å². The fourth-order valence-corrected chi connectivity index (χ4v) is 2.63. The number of carbonyl (C=O) groups is 2. The summed E-state index contributed by atoms with van der Waals surface area (Å²) in [6.07, 6.45) is 1.70. The molecule has 0 atom stereocenters. The zero-order valence-electron chi connectivity index (χ0n) is 12.3. The van der Waals surface area contributed by atoms with Crippen LogP contribution < -0.4 is 5.32 Å². The van der Waals surface area contributed by atoms with Crippen molar-refractivity contribution in [2.45, 2.75) is 12.8 Å². The number of anilines is 1. The fourth-order valence-electron chi connectivity index (χ4n) is 2.63. The Balaban J connectivity index is 1.47. The second-order valence-corrected chi connectivity index (χ2v) is 5.31. The van der Waals surface area contributed by atoms with E-state index < -0.39 is 0 Å². The van der Waals surface area contributed by atoms with E-state index in [9.17, 15) is 9.59 Å². The minimum atomic E-state index is -0.170. The van der Waals surface area contributed by atoms with Crippen LogP contribution in [0.15, 0.2) is 54.6 Å². The van der Waals surface area contributed by atoms with Crippen molar-refractivity contribution in [3.8, 4) is 0 Å². The Kier molecular flexibility index (Phi) is 4.19. The summed E-state index contributed by atoms with van der Waals surface area (Å²) >= 11 is 0. The molecule has 0 saturated heterocycles. The molecule has 2 aromatic rings. The molecule has 4 heteroatoms. The lowest BCUT2D eigenvalue weighted by Gasteiger charge is -2.13. The zero-order valence-corrected chi connectivity index (χ0v) is 12.3. The van der Waals surface area contributed by atoms with Crippen LogP contribution in [-0.2, 0) is 0 Å². The highest BCUT2D eigenvalue weighted by Crippen LogP contribution is 2.22. The molecule has 1 aliphatic heterocycles. The Hall–Kier alpha value is -2.62. The van der Waals surface area contributed by atoms with E-state index in [1.54, 1.807) is 24.3 Å². The summed E-state index contributed by atoms with van der Waals surface area (Å²) in [7, 11) is 0. The van der Waals surface area contributed by atoms with Gasteiger partial charge in [-0.15, -0.1) is 0 Å². The molecule has 0 radical (unpaired) electrons. The maximum atomic E-state index is 12.2. The summed E-state index contributed by atoms with van der Waals surface area (Å²) in [5, 5.41) is 3.32. The average molecular weight is 294 g/mol. The minimum Gasteiger partial charge on any atom is -0.385 e. The Morgan fingerprint density at radius 1 is 0.773 bits per heavy atom. The third kappa shape index (κ3) is 2.86. The summed E-state index contributed by atoms with van der Waals surface area (Å²) in [5.41, 5.74) is 2.13. The van der Waals surface area contributed by atoms with Crippen molar-refractivity contribution in [3.05, 3.63) is 65.7 Å². The van der Waals surface area contributed by atoms with Crippen LogP contribution in [-0.4, -0.2) is 29.8 Å². The van der Waals surface area contributed by atoms with Crippen LogP contribution in [0.4, 0.5) is 5.69 Å². The Labute approximate surface area is 129 Å². The Bertz CT molecular complexity index is 647. The fraction of sp³-hybridized carbons (Fsp3) is 0.222. The summed E-state index contributed by atoms with van der Waals surface area (Å²) in [6.45, 7) is 1.30. The highest BCUT2D eigenvalue weighted by Gasteiger charge is 2.34. The first-order chi connectivity index (χ1) is 10.8. The average Bonchev–Trinajstić information content (AvgIpc) is 2.81. The second kappa shape index (κ2) is 6.43. The third-order valence-electron chi connectivity index (χ3n) is 3.79. The topological polar surface area (TPSA) is 49.4 Å². The van der Waals surface area contributed by atoms with Crippen LogP contribution in [0.5, 0.6) is 0 Å². The van der Waals surface area contributed by atoms with Gasteiger partial charge in [0.05, 0.1) is 11.1 Å². The van der Waals surface area contributed by atoms with E-state index in [0.29, 0.717) is 17.7 Å². The number of amides is 2. The van der Waals surface area contributed by atoms with Gasteiger partial charge in [0.25, 0.3) is 11.8 Å². The second-order valence-electron chi connectivity index (χ2n) is 5.31. The van der Waals surface area contributed by atoms with Crippen LogP contribution in [0.25, 0.3) is 0 Å². The van der Waals surface area contributed by atoms with Gasteiger partial charge in [-0.2, -0.15) is 0 Å². The van der Waals surface area contributed by atoms with Crippen molar-refractivity contribution in [1.29, 1.82) is 0 Å². The van der Waals surface area contributed by atoms with E-state index in [2.05, 4.69) is 5.32 Å². The maximum Gasteiger partial charge on any atom is 0.261 e. The van der Waals surface area contributed by atoms with Crippen LogP contribution in [0.1, 0.15) is 33.6 Å². The molecule has 2 aromatic carbocycles. The lowest BCUT2D eigenvalue weighted by molar-refractivity contribution is 0.0652. The molecule has 2 amide bonds. The van der Waals surface area contributed by atoms with Crippen molar-refractivity contribution < 1.29 is 9.59 Å². The van der Waals surface area contributed by atoms with Crippen molar-refractivity contribution >= 4 is 17.5 Å². The lowest BCUT2D eigenvalue weighted by Crippen LogP contribution is -2.30. The molecule has 0 aromatic heterocycles. The Morgan fingerprint density at radius 3 is 2.00 bits per heavy atom. The first-order valence-electron chi connectivity index (χ1n) is 7.51. The smallest absolute Gasteiger partial charge is 0.261 e. The molecule has 0 fully saturated rings. The predicted molar refractivity (Wildman–Crippen MR) is 86.0 cm³/mol. The molecule has 112 valence electrons. The predicted octanol–water partition coefficient (Wildman–Crippen LogP) is 3.17. The molecule has 1 N–H and O–H groups in total. The number of hydrogen-bond acceptors (Lipinski definition) is 3. The van der Waals surface area contributed by atoms with Crippen molar-refractivity contribution in [2.75, 3.05) is 18.4 Å². The van der Waals surface area contributed by atoms with Crippen LogP contribution in [0, 0.1) is 0 Å². The van der Waals surface area contributed by atoms with Crippen LogP contribution in [0.2, 0.25) is 0 Å². The molecule has 0 bridgehead atoms. The molecule has 22 heavy (non-hydrogen) atoms. The lowest BCUT2D eigenvalue weighted by atomic mass is 10.1. The maximum absolute atomic E-state index is 12.2. The van der Waals surface area contributed by atoms with Gasteiger partial charge in [0.2, 0.25) is 0 Å². The number of unbranched alkanes of at least 4 members (excludes halogenated alkanes) is 1. The number of imide groups is 1. The number of nitrogens with zero attached hydrogens (tertiary/aromatic N) is 1. The number of fused-ring (bicyclic) bond motifs is 1. The molecular formula is C18H18N2O2. The quantitative estimate of drug-likeness (QED) is 0.657. The number of para-hydroxylation sites is 1. The molecule has 0 unspecified atom stereocenters. The van der Waals surface area contributed by atoms with Crippen molar-refractivity contribution in [3.63, 3.8) is 0 Å². The normalized spacial score (nSPS) is 13.4. The van der Waals surface area contributed by atoms with Crippen LogP contribution >= 0.6 is 0 Å². The largest absolute Gasteiger partial charge is 0.385 e. The van der Waals surface area contributed by atoms with E-state index in [1.165, 1.54) is 4.90 Å². The minimum absolute atomic E-state index is 0.170. The van der Waals surface area contributed by atoms with Gasteiger partial charge in [-0.1, -0.05) is 30.3 Å². The highest BCUT2D eigenvalue weighted by atomic mass is 16.2. The van der Waals surface area contributed by atoms with E-state index in [0.717, 1.165) is 25.1 Å². The van der Waals surface area contributed by atoms with Gasteiger partial charge in [0, 0.05) is 18.8 Å². The third-order valence-corrected chi connectivity index (χ3v) is 3.79. The molecule has 0 aliphatic carbocycles. The summed E-state index contributed by atoms with van der Waals surface area (Å²) in [5.74, 6) is -0.340. The monoisotopic (exact) mass is 294 g/mol. The first-order valence-corrected chi connectivity index (χ1v) is 7.51. The van der Waals surface area contributed by atoms with E-state index in [4.69, 9.17) is 0 Å². The standard InChI is InChI=1S/C18H18N2O2/c21-17-15-10-4-5-11-16(15)18(22)20(17)13-7-6-12-19-14-8-2-1-3-9-14/h1-5,8-11,19H,6-7,12-13H2. The van der Waals surface area contributed by atoms with Gasteiger partial charge in [-0.25, -0.2) is 0 Å². The summed E-state index contributed by atoms with van der Waals surface area (Å²) in [6, 6.07) is 17.0. The number of rotatable bonds is 6. The van der Waals surface area contributed by atoms with Gasteiger partial charge in [-0.3, -0.25) is 14.5 Å².